The highest BCUT2D eigenvalue weighted by atomic mass is 35.5. The minimum absolute atomic E-state index is 0.0123. The highest BCUT2D eigenvalue weighted by Gasteiger charge is 2.47. The van der Waals surface area contributed by atoms with E-state index >= 15 is 0 Å². The number of hydrogen-bond acceptors (Lipinski definition) is 5. The fourth-order valence-electron chi connectivity index (χ4n) is 2.24. The zero-order valence-electron chi connectivity index (χ0n) is 11.0. The van der Waals surface area contributed by atoms with Crippen molar-refractivity contribution in [2.24, 2.45) is 5.92 Å². The van der Waals surface area contributed by atoms with Gasteiger partial charge in [0.15, 0.2) is 0 Å². The summed E-state index contributed by atoms with van der Waals surface area (Å²) in [5.74, 6) is 0.398. The van der Waals surface area contributed by atoms with Crippen molar-refractivity contribution in [2.45, 2.75) is 22.7 Å². The summed E-state index contributed by atoms with van der Waals surface area (Å²) >= 11 is 6.74. The maximum absolute atomic E-state index is 12.2. The molecule has 21 heavy (non-hydrogen) atoms. The predicted molar refractivity (Wildman–Crippen MR) is 79.8 cm³/mol. The molecule has 0 saturated heterocycles. The van der Waals surface area contributed by atoms with E-state index < -0.39 is 15.6 Å². The van der Waals surface area contributed by atoms with Crippen LogP contribution in [0.4, 0.5) is 0 Å². The van der Waals surface area contributed by atoms with Gasteiger partial charge < -0.3 is 9.52 Å². The van der Waals surface area contributed by atoms with Gasteiger partial charge in [-0.2, -0.15) is 0 Å². The van der Waals surface area contributed by atoms with Crippen LogP contribution in [0, 0.1) is 5.92 Å². The Labute approximate surface area is 131 Å². The van der Waals surface area contributed by atoms with Gasteiger partial charge in [-0.3, -0.25) is 0 Å². The Bertz CT molecular complexity index is 721. The minimum Gasteiger partial charge on any atom is -0.466 e. The molecule has 1 saturated carbocycles. The normalized spacial score (nSPS) is 18.6. The van der Waals surface area contributed by atoms with Crippen LogP contribution in [-0.4, -0.2) is 20.1 Å². The maximum atomic E-state index is 12.2. The summed E-state index contributed by atoms with van der Waals surface area (Å²) in [4.78, 5) is 0. The largest absolute Gasteiger partial charge is 0.466 e. The number of furan rings is 1. The third-order valence-electron chi connectivity index (χ3n) is 3.55. The van der Waals surface area contributed by atoms with Gasteiger partial charge in [0.25, 0.3) is 0 Å². The van der Waals surface area contributed by atoms with Gasteiger partial charge in [-0.25, -0.2) is 13.1 Å². The van der Waals surface area contributed by atoms with Gasteiger partial charge in [0.2, 0.25) is 10.0 Å². The average Bonchev–Trinajstić information content (AvgIpc) is 2.97. The third kappa shape index (κ3) is 3.02. The van der Waals surface area contributed by atoms with Crippen LogP contribution >= 0.6 is 22.9 Å². The summed E-state index contributed by atoms with van der Waals surface area (Å²) in [6.45, 7) is -0.122. The Balaban J connectivity index is 1.79. The molecule has 0 spiro atoms. The smallest absolute Gasteiger partial charge is 0.250 e. The van der Waals surface area contributed by atoms with Crippen molar-refractivity contribution in [1.29, 1.82) is 0 Å². The van der Waals surface area contributed by atoms with Crippen molar-refractivity contribution in [3.63, 3.8) is 0 Å². The van der Waals surface area contributed by atoms with Crippen molar-refractivity contribution in [3.05, 3.63) is 40.6 Å². The molecule has 2 N–H and O–H groups in total. The number of sulfonamides is 1. The molecule has 2 aromatic rings. The number of hydrogen-bond donors (Lipinski definition) is 2. The molecule has 1 atom stereocenters. The molecule has 2 aromatic heterocycles. The standard InChI is InChI=1S/C13H14ClNO4S2/c14-11-5-6-12(20-11)21(17,18)15-8-13(16,9-3-4-9)10-2-1-7-19-10/h1-2,5-7,9,15-16H,3-4,8H2/t13-/m0/s1. The van der Waals surface area contributed by atoms with Crippen LogP contribution in [0.5, 0.6) is 0 Å². The molecule has 5 nitrogen and oxygen atoms in total. The first-order valence-electron chi connectivity index (χ1n) is 6.43. The third-order valence-corrected chi connectivity index (χ3v) is 6.67. The van der Waals surface area contributed by atoms with Crippen LogP contribution in [-0.2, 0) is 15.6 Å². The summed E-state index contributed by atoms with van der Waals surface area (Å²) in [5, 5.41) is 10.8. The van der Waals surface area contributed by atoms with E-state index in [1.54, 1.807) is 12.1 Å². The Morgan fingerprint density at radius 3 is 2.71 bits per heavy atom. The molecule has 3 rings (SSSR count). The van der Waals surface area contributed by atoms with Crippen molar-refractivity contribution in [3.8, 4) is 0 Å². The van der Waals surface area contributed by atoms with E-state index in [1.807, 2.05) is 0 Å². The van der Waals surface area contributed by atoms with Crippen LogP contribution in [0.1, 0.15) is 18.6 Å². The topological polar surface area (TPSA) is 79.5 Å². The van der Waals surface area contributed by atoms with Gasteiger partial charge in [-0.1, -0.05) is 11.6 Å². The molecule has 1 fully saturated rings. The fraction of sp³-hybridized carbons (Fsp3) is 0.385. The summed E-state index contributed by atoms with van der Waals surface area (Å²) in [7, 11) is -3.69. The Morgan fingerprint density at radius 1 is 1.43 bits per heavy atom. The average molecular weight is 348 g/mol. The van der Waals surface area contributed by atoms with Crippen LogP contribution in [0.15, 0.2) is 39.2 Å². The predicted octanol–water partition coefficient (Wildman–Crippen LogP) is 2.57. The minimum atomic E-state index is -3.69. The summed E-state index contributed by atoms with van der Waals surface area (Å²) < 4.78 is 32.7. The molecule has 0 unspecified atom stereocenters. The molecule has 2 heterocycles. The van der Waals surface area contributed by atoms with Gasteiger partial charge in [0, 0.05) is 6.54 Å². The van der Waals surface area contributed by atoms with Gasteiger partial charge >= 0.3 is 0 Å². The number of nitrogens with one attached hydrogen (secondary N) is 1. The first-order chi connectivity index (χ1) is 9.92. The van der Waals surface area contributed by atoms with Gasteiger partial charge in [0.05, 0.1) is 10.6 Å². The molecule has 0 radical (unpaired) electrons. The van der Waals surface area contributed by atoms with Crippen LogP contribution < -0.4 is 4.72 Å². The second-order valence-electron chi connectivity index (χ2n) is 5.06. The monoisotopic (exact) mass is 347 g/mol. The van der Waals surface area contributed by atoms with Gasteiger partial charge in [0.1, 0.15) is 15.6 Å². The molecule has 0 bridgehead atoms. The highest BCUT2D eigenvalue weighted by molar-refractivity contribution is 7.91. The Hall–Kier alpha value is -0.860. The summed E-state index contributed by atoms with van der Waals surface area (Å²) in [6.07, 6.45) is 3.17. The molecule has 1 aliphatic carbocycles. The van der Waals surface area contributed by atoms with Gasteiger partial charge in [-0.05, 0) is 43.0 Å². The Kier molecular flexibility index (Phi) is 3.87. The fourth-order valence-corrected chi connectivity index (χ4v) is 4.84. The van der Waals surface area contributed by atoms with E-state index in [4.69, 9.17) is 16.0 Å². The quantitative estimate of drug-likeness (QED) is 0.841. The Morgan fingerprint density at radius 2 is 2.19 bits per heavy atom. The van der Waals surface area contributed by atoms with Crippen molar-refractivity contribution >= 4 is 33.0 Å². The lowest BCUT2D eigenvalue weighted by atomic mass is 9.95. The van der Waals surface area contributed by atoms with Crippen molar-refractivity contribution < 1.29 is 17.9 Å². The van der Waals surface area contributed by atoms with E-state index in [0.29, 0.717) is 10.1 Å². The first kappa shape index (κ1) is 15.1. The lowest BCUT2D eigenvalue weighted by Gasteiger charge is -2.26. The van der Waals surface area contributed by atoms with Crippen LogP contribution in [0.3, 0.4) is 0 Å². The molecular weight excluding hydrogens is 334 g/mol. The van der Waals surface area contributed by atoms with Crippen molar-refractivity contribution in [2.75, 3.05) is 6.54 Å². The second-order valence-corrected chi connectivity index (χ2v) is 8.77. The van der Waals surface area contributed by atoms with Gasteiger partial charge in [-0.15, -0.1) is 11.3 Å². The van der Waals surface area contributed by atoms with Crippen molar-refractivity contribution in [1.82, 2.24) is 4.72 Å². The van der Waals surface area contributed by atoms with Crippen LogP contribution in [0.2, 0.25) is 4.34 Å². The molecule has 1 aliphatic rings. The lowest BCUT2D eigenvalue weighted by Crippen LogP contribution is -2.42. The first-order valence-corrected chi connectivity index (χ1v) is 9.11. The van der Waals surface area contributed by atoms with Crippen LogP contribution in [0.25, 0.3) is 0 Å². The zero-order chi connectivity index (χ0) is 15.1. The number of aliphatic hydroxyl groups is 1. The number of rotatable bonds is 6. The molecule has 0 aliphatic heterocycles. The van der Waals surface area contributed by atoms with E-state index in [9.17, 15) is 13.5 Å². The van der Waals surface area contributed by atoms with E-state index in [-0.39, 0.29) is 16.7 Å². The molecule has 0 amide bonds. The second kappa shape index (κ2) is 5.40. The number of halogens is 1. The SMILES string of the molecule is O=S(=O)(NC[C@@](O)(c1ccco1)C1CC1)c1ccc(Cl)s1. The van der Waals surface area contributed by atoms with E-state index in [0.717, 1.165) is 24.2 Å². The number of thiophene rings is 1. The van der Waals surface area contributed by atoms with E-state index in [2.05, 4.69) is 4.72 Å². The zero-order valence-corrected chi connectivity index (χ0v) is 13.3. The van der Waals surface area contributed by atoms with E-state index in [1.165, 1.54) is 18.4 Å². The maximum Gasteiger partial charge on any atom is 0.250 e. The summed E-state index contributed by atoms with van der Waals surface area (Å²) in [6, 6.07) is 6.31. The highest BCUT2D eigenvalue weighted by Crippen LogP contribution is 2.45. The lowest BCUT2D eigenvalue weighted by molar-refractivity contribution is -0.00223. The molecule has 8 heteroatoms. The molecule has 114 valence electrons. The molecule has 0 aromatic carbocycles. The molecular formula is C13H14ClNO4S2. The summed E-state index contributed by atoms with van der Waals surface area (Å²) in [5.41, 5.74) is -1.31.